The monoisotopic (exact) mass is 291 g/mol. The highest BCUT2D eigenvalue weighted by atomic mass is 16.2. The Labute approximate surface area is 128 Å². The van der Waals surface area contributed by atoms with Gasteiger partial charge >= 0.3 is 0 Å². The van der Waals surface area contributed by atoms with Crippen molar-refractivity contribution in [3.05, 3.63) is 48.5 Å². The number of fused-ring (bicyclic) bond motifs is 1. The van der Waals surface area contributed by atoms with E-state index in [1.807, 2.05) is 48.5 Å². The van der Waals surface area contributed by atoms with Gasteiger partial charge in [0.05, 0.1) is 11.0 Å². The zero-order valence-corrected chi connectivity index (χ0v) is 12.3. The summed E-state index contributed by atoms with van der Waals surface area (Å²) in [6.07, 6.45) is 1.00. The highest BCUT2D eigenvalue weighted by molar-refractivity contribution is 5.94. The summed E-state index contributed by atoms with van der Waals surface area (Å²) in [5.74, 6) is 1.68. The first-order valence-corrected chi connectivity index (χ1v) is 7.57. The largest absolute Gasteiger partial charge is 0.338 e. The molecule has 4 rings (SSSR count). The van der Waals surface area contributed by atoms with Crippen LogP contribution in [0.5, 0.6) is 0 Å². The number of para-hydroxylation sites is 2. The van der Waals surface area contributed by atoms with Crippen LogP contribution in [-0.4, -0.2) is 15.9 Å². The number of rotatable bonds is 3. The van der Waals surface area contributed by atoms with Gasteiger partial charge in [0, 0.05) is 17.2 Å². The first kappa shape index (κ1) is 13.1. The SMILES string of the molecule is C[C@H]1C[C@H]1C(=O)Nc1ccc(-c2nc3ccccc3[nH]2)cc1. The average molecular weight is 291 g/mol. The Balaban J connectivity index is 1.54. The van der Waals surface area contributed by atoms with Crippen LogP contribution >= 0.6 is 0 Å². The molecule has 1 aliphatic carbocycles. The van der Waals surface area contributed by atoms with Gasteiger partial charge in [-0.15, -0.1) is 0 Å². The van der Waals surface area contributed by atoms with Crippen LogP contribution in [0.25, 0.3) is 22.4 Å². The third-order valence-corrected chi connectivity index (χ3v) is 4.26. The number of amides is 1. The van der Waals surface area contributed by atoms with Gasteiger partial charge in [0.2, 0.25) is 5.91 Å². The minimum absolute atomic E-state index is 0.129. The lowest BCUT2D eigenvalue weighted by Gasteiger charge is -2.05. The van der Waals surface area contributed by atoms with Gasteiger partial charge in [0.1, 0.15) is 5.82 Å². The Morgan fingerprint density at radius 3 is 2.59 bits per heavy atom. The van der Waals surface area contributed by atoms with Crippen LogP contribution in [0.2, 0.25) is 0 Å². The van der Waals surface area contributed by atoms with Gasteiger partial charge in [-0.05, 0) is 48.7 Å². The molecule has 1 aromatic heterocycles. The van der Waals surface area contributed by atoms with Crippen LogP contribution in [0, 0.1) is 11.8 Å². The quantitative estimate of drug-likeness (QED) is 0.770. The lowest BCUT2D eigenvalue weighted by atomic mass is 10.2. The zero-order valence-electron chi connectivity index (χ0n) is 12.3. The van der Waals surface area contributed by atoms with Gasteiger partial charge in [-0.3, -0.25) is 4.79 Å². The van der Waals surface area contributed by atoms with E-state index in [0.717, 1.165) is 34.5 Å². The highest BCUT2D eigenvalue weighted by Crippen LogP contribution is 2.38. The van der Waals surface area contributed by atoms with E-state index in [0.29, 0.717) is 5.92 Å². The van der Waals surface area contributed by atoms with E-state index in [4.69, 9.17) is 0 Å². The number of carbonyl (C=O) groups excluding carboxylic acids is 1. The van der Waals surface area contributed by atoms with E-state index in [9.17, 15) is 4.79 Å². The van der Waals surface area contributed by atoms with Gasteiger partial charge in [-0.25, -0.2) is 4.98 Å². The molecule has 0 radical (unpaired) electrons. The molecular formula is C18H17N3O. The lowest BCUT2D eigenvalue weighted by molar-refractivity contribution is -0.117. The number of benzene rings is 2. The van der Waals surface area contributed by atoms with Crippen LogP contribution in [0.4, 0.5) is 5.69 Å². The molecule has 110 valence electrons. The molecule has 0 bridgehead atoms. The first-order valence-electron chi connectivity index (χ1n) is 7.57. The third kappa shape index (κ3) is 2.37. The Morgan fingerprint density at radius 1 is 1.18 bits per heavy atom. The van der Waals surface area contributed by atoms with Crippen LogP contribution in [-0.2, 0) is 4.79 Å². The second-order valence-corrected chi connectivity index (χ2v) is 5.99. The van der Waals surface area contributed by atoms with E-state index in [1.165, 1.54) is 0 Å². The molecule has 1 heterocycles. The van der Waals surface area contributed by atoms with Crippen LogP contribution in [0.1, 0.15) is 13.3 Å². The molecule has 2 atom stereocenters. The van der Waals surface area contributed by atoms with Crippen LogP contribution < -0.4 is 5.32 Å². The summed E-state index contributed by atoms with van der Waals surface area (Å²) >= 11 is 0. The smallest absolute Gasteiger partial charge is 0.227 e. The van der Waals surface area contributed by atoms with Crippen molar-refractivity contribution in [3.63, 3.8) is 0 Å². The summed E-state index contributed by atoms with van der Waals surface area (Å²) in [5.41, 5.74) is 3.83. The fourth-order valence-electron chi connectivity index (χ4n) is 2.72. The Bertz CT molecular complexity index is 802. The molecule has 4 nitrogen and oxygen atoms in total. The maximum Gasteiger partial charge on any atom is 0.227 e. The number of carbonyl (C=O) groups is 1. The van der Waals surface area contributed by atoms with Crippen LogP contribution in [0.3, 0.4) is 0 Å². The lowest BCUT2D eigenvalue weighted by Crippen LogP contribution is -2.14. The van der Waals surface area contributed by atoms with E-state index < -0.39 is 0 Å². The van der Waals surface area contributed by atoms with Crippen molar-refractivity contribution >= 4 is 22.6 Å². The zero-order chi connectivity index (χ0) is 15.1. The minimum Gasteiger partial charge on any atom is -0.338 e. The topological polar surface area (TPSA) is 57.8 Å². The molecule has 2 N–H and O–H groups in total. The highest BCUT2D eigenvalue weighted by Gasteiger charge is 2.38. The summed E-state index contributed by atoms with van der Waals surface area (Å²) in [7, 11) is 0. The van der Waals surface area contributed by atoms with Crippen molar-refractivity contribution < 1.29 is 4.79 Å². The average Bonchev–Trinajstić information content (AvgIpc) is 3.11. The van der Waals surface area contributed by atoms with Gasteiger partial charge < -0.3 is 10.3 Å². The maximum atomic E-state index is 11.9. The van der Waals surface area contributed by atoms with E-state index in [2.05, 4.69) is 22.2 Å². The summed E-state index contributed by atoms with van der Waals surface area (Å²) in [4.78, 5) is 19.8. The molecule has 1 amide bonds. The Kier molecular flexibility index (Phi) is 2.96. The fourth-order valence-corrected chi connectivity index (χ4v) is 2.72. The molecule has 0 aliphatic heterocycles. The van der Waals surface area contributed by atoms with Crippen molar-refractivity contribution in [1.82, 2.24) is 9.97 Å². The number of hydrogen-bond donors (Lipinski definition) is 2. The van der Waals surface area contributed by atoms with Crippen molar-refractivity contribution in [2.75, 3.05) is 5.32 Å². The predicted molar refractivity (Wildman–Crippen MR) is 87.4 cm³/mol. The molecule has 0 saturated heterocycles. The third-order valence-electron chi connectivity index (χ3n) is 4.26. The number of anilines is 1. The van der Waals surface area contributed by atoms with Crippen molar-refractivity contribution in [2.45, 2.75) is 13.3 Å². The predicted octanol–water partition coefficient (Wildman–Crippen LogP) is 3.82. The molecule has 1 saturated carbocycles. The van der Waals surface area contributed by atoms with Gasteiger partial charge in [-0.1, -0.05) is 19.1 Å². The number of nitrogens with zero attached hydrogens (tertiary/aromatic N) is 1. The molecule has 2 aromatic carbocycles. The molecule has 22 heavy (non-hydrogen) atoms. The summed E-state index contributed by atoms with van der Waals surface area (Å²) in [5, 5.41) is 2.97. The van der Waals surface area contributed by atoms with Gasteiger partial charge in [0.25, 0.3) is 0 Å². The number of nitrogens with one attached hydrogen (secondary N) is 2. The maximum absolute atomic E-state index is 11.9. The van der Waals surface area contributed by atoms with Gasteiger partial charge in [0.15, 0.2) is 0 Å². The molecule has 3 aromatic rings. The number of hydrogen-bond acceptors (Lipinski definition) is 2. The minimum atomic E-state index is 0.129. The van der Waals surface area contributed by atoms with Crippen molar-refractivity contribution in [2.24, 2.45) is 11.8 Å². The van der Waals surface area contributed by atoms with E-state index in [1.54, 1.807) is 0 Å². The standard InChI is InChI=1S/C18H17N3O/c1-11-10-14(11)18(22)19-13-8-6-12(7-9-13)17-20-15-4-2-3-5-16(15)21-17/h2-9,11,14H,10H2,1H3,(H,19,22)(H,20,21)/t11-,14+/m0/s1. The fraction of sp³-hybridized carbons (Fsp3) is 0.222. The molecule has 1 aliphatic rings. The number of imidazole rings is 1. The number of H-pyrrole nitrogens is 1. The number of aromatic amines is 1. The Hall–Kier alpha value is -2.62. The summed E-state index contributed by atoms with van der Waals surface area (Å²) in [6, 6.07) is 15.8. The molecule has 0 spiro atoms. The second-order valence-electron chi connectivity index (χ2n) is 5.99. The first-order chi connectivity index (χ1) is 10.7. The molecular weight excluding hydrogens is 274 g/mol. The normalized spacial score (nSPS) is 20.0. The van der Waals surface area contributed by atoms with Crippen molar-refractivity contribution in [1.29, 1.82) is 0 Å². The van der Waals surface area contributed by atoms with E-state index >= 15 is 0 Å². The second kappa shape index (κ2) is 4.98. The summed E-state index contributed by atoms with van der Waals surface area (Å²) < 4.78 is 0. The Morgan fingerprint density at radius 2 is 1.91 bits per heavy atom. The molecule has 0 unspecified atom stereocenters. The molecule has 4 heteroatoms. The molecule has 1 fully saturated rings. The van der Waals surface area contributed by atoms with Gasteiger partial charge in [-0.2, -0.15) is 0 Å². The summed E-state index contributed by atoms with van der Waals surface area (Å²) in [6.45, 7) is 2.11. The van der Waals surface area contributed by atoms with E-state index in [-0.39, 0.29) is 11.8 Å². The number of aromatic nitrogens is 2. The van der Waals surface area contributed by atoms with Crippen molar-refractivity contribution in [3.8, 4) is 11.4 Å². The van der Waals surface area contributed by atoms with Crippen LogP contribution in [0.15, 0.2) is 48.5 Å².